The van der Waals surface area contributed by atoms with Crippen LogP contribution in [0.15, 0.2) is 46.4 Å². The van der Waals surface area contributed by atoms with E-state index in [0.717, 1.165) is 26.1 Å². The first-order valence-corrected chi connectivity index (χ1v) is 6.64. The molecule has 0 N–H and O–H groups in total. The fraction of sp³-hybridized carbons (Fsp3) is 0.467. The normalized spacial score (nSPS) is 26.4. The van der Waals surface area contributed by atoms with Crippen molar-refractivity contribution in [1.29, 1.82) is 0 Å². The molecule has 2 nitrogen and oxygen atoms in total. The molecule has 1 aliphatic carbocycles. The van der Waals surface area contributed by atoms with Crippen LogP contribution in [0, 0.1) is 0 Å². The molecular weight excluding hydrogens is 210 g/mol. The van der Waals surface area contributed by atoms with Gasteiger partial charge in [0.1, 0.15) is 5.76 Å². The topological polar surface area (TPSA) is 12.5 Å². The zero-order chi connectivity index (χ0) is 11.2. The van der Waals surface area contributed by atoms with Gasteiger partial charge in [-0.25, -0.2) is 0 Å². The third-order valence-corrected chi connectivity index (χ3v) is 4.11. The largest absolute Gasteiger partial charge is 0.493 e. The summed E-state index contributed by atoms with van der Waals surface area (Å²) in [4.78, 5) is 2.51. The number of rotatable bonds is 0. The Labute approximate surface area is 102 Å². The molecule has 4 rings (SSSR count). The van der Waals surface area contributed by atoms with E-state index in [1.165, 1.54) is 41.9 Å². The maximum atomic E-state index is 5.93. The second kappa shape index (κ2) is 3.52. The number of ether oxygens (including phenoxy) is 1. The van der Waals surface area contributed by atoms with Crippen LogP contribution in [0.5, 0.6) is 0 Å². The van der Waals surface area contributed by atoms with E-state index in [9.17, 15) is 0 Å². The minimum Gasteiger partial charge on any atom is -0.493 e. The number of hydrogen-bond donors (Lipinski definition) is 0. The third-order valence-electron chi connectivity index (χ3n) is 4.11. The quantitative estimate of drug-likeness (QED) is 0.631. The lowest BCUT2D eigenvalue weighted by atomic mass is 9.83. The van der Waals surface area contributed by atoms with Crippen molar-refractivity contribution >= 4 is 0 Å². The van der Waals surface area contributed by atoms with Crippen LogP contribution in [0.1, 0.15) is 25.7 Å². The first-order chi connectivity index (χ1) is 8.43. The molecule has 0 fully saturated rings. The molecule has 0 atom stereocenters. The Bertz CT molecular complexity index is 493. The minimum absolute atomic E-state index is 0.891. The van der Waals surface area contributed by atoms with Crippen LogP contribution >= 0.6 is 0 Å². The molecule has 0 aromatic carbocycles. The molecule has 17 heavy (non-hydrogen) atoms. The zero-order valence-corrected chi connectivity index (χ0v) is 10.0. The van der Waals surface area contributed by atoms with E-state index in [1.807, 2.05) is 0 Å². The molecule has 0 saturated carbocycles. The zero-order valence-electron chi connectivity index (χ0n) is 10.0. The highest BCUT2D eigenvalue weighted by Crippen LogP contribution is 2.43. The van der Waals surface area contributed by atoms with Crippen molar-refractivity contribution in [3.8, 4) is 0 Å². The second-order valence-corrected chi connectivity index (χ2v) is 5.19. The fourth-order valence-electron chi connectivity index (χ4n) is 3.39. The van der Waals surface area contributed by atoms with E-state index >= 15 is 0 Å². The monoisotopic (exact) mass is 227 g/mol. The maximum Gasteiger partial charge on any atom is 0.128 e. The lowest BCUT2D eigenvalue weighted by Gasteiger charge is -2.40. The molecular formula is C15H17NO. The first kappa shape index (κ1) is 9.58. The van der Waals surface area contributed by atoms with Crippen LogP contribution < -0.4 is 0 Å². The molecule has 0 aromatic heterocycles. The standard InChI is InChI=1S/C15H17NO/c1-4-11-10-12-5-3-9-17-15(12)13-6-2-8-16(7-1)14(11)13/h2,4,6H,1,3,5,7-10H2. The Hall–Kier alpha value is -1.44. The van der Waals surface area contributed by atoms with Crippen LogP contribution in [-0.2, 0) is 4.74 Å². The molecule has 4 aliphatic rings. The predicted molar refractivity (Wildman–Crippen MR) is 67.3 cm³/mol. The van der Waals surface area contributed by atoms with Crippen molar-refractivity contribution in [3.63, 3.8) is 0 Å². The van der Waals surface area contributed by atoms with Gasteiger partial charge < -0.3 is 9.64 Å². The van der Waals surface area contributed by atoms with Gasteiger partial charge in [-0.15, -0.1) is 0 Å². The highest BCUT2D eigenvalue weighted by atomic mass is 16.5. The summed E-state index contributed by atoms with van der Waals surface area (Å²) < 4.78 is 5.93. The van der Waals surface area contributed by atoms with Gasteiger partial charge in [-0.05, 0) is 36.8 Å². The molecule has 0 unspecified atom stereocenters. The second-order valence-electron chi connectivity index (χ2n) is 5.19. The lowest BCUT2D eigenvalue weighted by Crippen LogP contribution is -2.34. The van der Waals surface area contributed by atoms with E-state index in [-0.39, 0.29) is 0 Å². The van der Waals surface area contributed by atoms with Crippen LogP contribution in [0.4, 0.5) is 0 Å². The van der Waals surface area contributed by atoms with Gasteiger partial charge in [0.25, 0.3) is 0 Å². The van der Waals surface area contributed by atoms with Gasteiger partial charge in [0.15, 0.2) is 0 Å². The van der Waals surface area contributed by atoms with Gasteiger partial charge in [0.05, 0.1) is 12.3 Å². The van der Waals surface area contributed by atoms with E-state index in [0.29, 0.717) is 0 Å². The summed E-state index contributed by atoms with van der Waals surface area (Å²) in [5, 5.41) is 0. The highest BCUT2D eigenvalue weighted by molar-refractivity contribution is 5.57. The summed E-state index contributed by atoms with van der Waals surface area (Å²) in [5.41, 5.74) is 5.87. The van der Waals surface area contributed by atoms with Crippen molar-refractivity contribution in [2.75, 3.05) is 19.7 Å². The fourth-order valence-corrected chi connectivity index (χ4v) is 3.39. The van der Waals surface area contributed by atoms with Crippen molar-refractivity contribution < 1.29 is 4.74 Å². The number of fused-ring (bicyclic) bond motifs is 1. The van der Waals surface area contributed by atoms with E-state index in [4.69, 9.17) is 4.74 Å². The van der Waals surface area contributed by atoms with Crippen molar-refractivity contribution in [2.24, 2.45) is 0 Å². The Morgan fingerprint density at radius 1 is 1.29 bits per heavy atom. The Kier molecular flexibility index (Phi) is 1.99. The molecule has 0 radical (unpaired) electrons. The molecule has 3 heterocycles. The van der Waals surface area contributed by atoms with E-state index in [2.05, 4.69) is 23.1 Å². The highest BCUT2D eigenvalue weighted by Gasteiger charge is 2.32. The maximum absolute atomic E-state index is 5.93. The molecule has 0 saturated heterocycles. The lowest BCUT2D eigenvalue weighted by molar-refractivity contribution is 0.190. The average Bonchev–Trinajstić information content (AvgIpc) is 2.39. The van der Waals surface area contributed by atoms with Crippen molar-refractivity contribution in [3.05, 3.63) is 46.4 Å². The molecule has 0 spiro atoms. The van der Waals surface area contributed by atoms with Gasteiger partial charge in [0.2, 0.25) is 0 Å². The average molecular weight is 227 g/mol. The molecule has 2 heteroatoms. The van der Waals surface area contributed by atoms with Crippen LogP contribution in [0.25, 0.3) is 0 Å². The van der Waals surface area contributed by atoms with Gasteiger partial charge in [0, 0.05) is 18.7 Å². The van der Waals surface area contributed by atoms with Crippen molar-refractivity contribution in [2.45, 2.75) is 25.7 Å². The molecule has 88 valence electrons. The van der Waals surface area contributed by atoms with Gasteiger partial charge in [-0.3, -0.25) is 0 Å². The van der Waals surface area contributed by atoms with E-state index < -0.39 is 0 Å². The van der Waals surface area contributed by atoms with Crippen LogP contribution in [-0.4, -0.2) is 24.6 Å². The number of allylic oxidation sites excluding steroid dienone is 3. The predicted octanol–water partition coefficient (Wildman–Crippen LogP) is 2.91. The summed E-state index contributed by atoms with van der Waals surface area (Å²) in [6, 6.07) is 0. The van der Waals surface area contributed by atoms with Crippen LogP contribution in [0.2, 0.25) is 0 Å². The Morgan fingerprint density at radius 2 is 2.29 bits per heavy atom. The third kappa shape index (κ3) is 1.33. The SMILES string of the molecule is C1=CC2=C3C(=CCCN3C1)CC1=C2OCCC1. The molecule has 0 amide bonds. The smallest absolute Gasteiger partial charge is 0.128 e. The Morgan fingerprint density at radius 3 is 3.29 bits per heavy atom. The molecule has 0 bridgehead atoms. The Balaban J connectivity index is 1.91. The van der Waals surface area contributed by atoms with Gasteiger partial charge >= 0.3 is 0 Å². The molecule has 3 aliphatic heterocycles. The molecule has 0 aromatic rings. The summed E-state index contributed by atoms with van der Waals surface area (Å²) in [6.45, 7) is 3.12. The summed E-state index contributed by atoms with van der Waals surface area (Å²) in [7, 11) is 0. The van der Waals surface area contributed by atoms with E-state index in [1.54, 1.807) is 5.57 Å². The summed E-state index contributed by atoms with van der Waals surface area (Å²) in [6.07, 6.45) is 11.7. The minimum atomic E-state index is 0.891. The number of nitrogens with zero attached hydrogens (tertiary/aromatic N) is 1. The van der Waals surface area contributed by atoms with Crippen LogP contribution in [0.3, 0.4) is 0 Å². The van der Waals surface area contributed by atoms with Gasteiger partial charge in [-0.2, -0.15) is 0 Å². The summed E-state index contributed by atoms with van der Waals surface area (Å²) >= 11 is 0. The number of hydrogen-bond acceptors (Lipinski definition) is 2. The summed E-state index contributed by atoms with van der Waals surface area (Å²) in [5.74, 6) is 1.20. The van der Waals surface area contributed by atoms with Gasteiger partial charge in [-0.1, -0.05) is 18.2 Å². The van der Waals surface area contributed by atoms with Crippen molar-refractivity contribution in [1.82, 2.24) is 4.90 Å². The first-order valence-electron chi connectivity index (χ1n) is 6.64.